The van der Waals surface area contributed by atoms with Crippen LogP contribution in [0.1, 0.15) is 40.8 Å². The molecule has 3 heterocycles. The van der Waals surface area contributed by atoms with Gasteiger partial charge in [0.05, 0.1) is 6.04 Å². The lowest BCUT2D eigenvalue weighted by molar-refractivity contribution is -0.135. The van der Waals surface area contributed by atoms with Crippen molar-refractivity contribution in [2.75, 3.05) is 20.1 Å². The summed E-state index contributed by atoms with van der Waals surface area (Å²) >= 11 is 5.10. The van der Waals surface area contributed by atoms with Crippen LogP contribution in [0.15, 0.2) is 64.5 Å². The van der Waals surface area contributed by atoms with Gasteiger partial charge in [-0.2, -0.15) is 0 Å². The molecule has 39 heavy (non-hydrogen) atoms. The Labute approximate surface area is 242 Å². The Hall–Kier alpha value is -2.61. The Balaban J connectivity index is 1.19. The number of piperidine rings is 1. The maximum absolute atomic E-state index is 13.4. The topological polar surface area (TPSA) is 53.0 Å². The molecule has 3 aromatic rings. The van der Waals surface area contributed by atoms with Gasteiger partial charge in [0, 0.05) is 57.0 Å². The number of likely N-dealkylation sites (tertiary alicyclic amines) is 1. The van der Waals surface area contributed by atoms with Gasteiger partial charge in [-0.05, 0) is 90.3 Å². The highest BCUT2D eigenvalue weighted by Crippen LogP contribution is 2.63. The molecule has 7 heteroatoms. The molecule has 1 amide bonds. The number of amides is 1. The van der Waals surface area contributed by atoms with Crippen molar-refractivity contribution in [1.82, 2.24) is 9.80 Å². The van der Waals surface area contributed by atoms with Crippen LogP contribution in [0.3, 0.4) is 0 Å². The molecular weight excluding hydrogens is 572 g/mol. The molecule has 1 saturated carbocycles. The molecule has 2 aliphatic carbocycles. The molecule has 2 fully saturated rings. The number of hydrogen-bond donors (Lipinski definition) is 1. The summed E-state index contributed by atoms with van der Waals surface area (Å²) in [5.74, 6) is 1.78. The number of ether oxygens (including phenoxy) is 1. The van der Waals surface area contributed by atoms with Crippen LogP contribution in [0.2, 0.25) is 0 Å². The number of phenols is 1. The summed E-state index contributed by atoms with van der Waals surface area (Å²) in [6, 6.07) is 16.9. The second-order valence-electron chi connectivity index (χ2n) is 11.5. The highest BCUT2D eigenvalue weighted by atomic mass is 79.9. The third-order valence-electron chi connectivity index (χ3n) is 9.77. The minimum Gasteiger partial charge on any atom is -0.508 e. The molecule has 5 atom stereocenters. The number of halogens is 1. The number of carbonyl (C=O) groups is 1. The van der Waals surface area contributed by atoms with Crippen LogP contribution in [-0.2, 0) is 23.1 Å². The number of likely N-dealkylation sites (N-methyl/N-ethyl adjacent to an activating group) is 1. The number of aromatic hydroxyl groups is 1. The van der Waals surface area contributed by atoms with Crippen molar-refractivity contribution in [3.8, 4) is 11.5 Å². The Kier molecular flexibility index (Phi) is 6.37. The minimum atomic E-state index is -0.157. The Morgan fingerprint density at radius 2 is 2.10 bits per heavy atom. The molecule has 1 N–H and O–H groups in total. The van der Waals surface area contributed by atoms with E-state index < -0.39 is 0 Å². The van der Waals surface area contributed by atoms with Gasteiger partial charge in [-0.15, -0.1) is 11.3 Å². The Morgan fingerprint density at radius 1 is 1.26 bits per heavy atom. The number of phenolic OH excluding ortho intramolecular Hbond substituents is 1. The molecule has 4 aliphatic rings. The summed E-state index contributed by atoms with van der Waals surface area (Å²) in [4.78, 5) is 19.0. The van der Waals surface area contributed by atoms with E-state index in [0.717, 1.165) is 65.9 Å². The van der Waals surface area contributed by atoms with E-state index in [4.69, 9.17) is 4.74 Å². The van der Waals surface area contributed by atoms with Gasteiger partial charge in [0.2, 0.25) is 5.91 Å². The van der Waals surface area contributed by atoms with E-state index in [1.54, 1.807) is 23.5 Å². The van der Waals surface area contributed by atoms with Gasteiger partial charge in [0.25, 0.3) is 0 Å². The lowest BCUT2D eigenvalue weighted by Gasteiger charge is -2.60. The molecule has 2 aromatic carbocycles. The van der Waals surface area contributed by atoms with Gasteiger partial charge >= 0.3 is 0 Å². The van der Waals surface area contributed by atoms with Crippen molar-refractivity contribution in [2.45, 2.75) is 55.7 Å². The fraction of sp³-hybridized carbons (Fsp3) is 0.406. The summed E-state index contributed by atoms with van der Waals surface area (Å²) < 4.78 is 7.83. The summed E-state index contributed by atoms with van der Waals surface area (Å²) in [5, 5.41) is 13.1. The van der Waals surface area contributed by atoms with E-state index in [1.807, 2.05) is 35.5 Å². The molecule has 2 aliphatic heterocycles. The average Bonchev–Trinajstić information content (AvgIpc) is 3.52. The van der Waals surface area contributed by atoms with Crippen LogP contribution >= 0.6 is 27.3 Å². The monoisotopic (exact) mass is 604 g/mol. The van der Waals surface area contributed by atoms with Gasteiger partial charge in [-0.25, -0.2) is 0 Å². The van der Waals surface area contributed by atoms with E-state index >= 15 is 0 Å². The van der Waals surface area contributed by atoms with E-state index in [0.29, 0.717) is 17.7 Å². The fourth-order valence-corrected chi connectivity index (χ4v) is 9.39. The van der Waals surface area contributed by atoms with Crippen LogP contribution < -0.4 is 4.74 Å². The van der Waals surface area contributed by atoms with Crippen molar-refractivity contribution < 1.29 is 14.6 Å². The molecule has 1 spiro atoms. The predicted octanol–water partition coefficient (Wildman–Crippen LogP) is 6.04. The first-order chi connectivity index (χ1) is 19.0. The average molecular weight is 606 g/mol. The second kappa shape index (κ2) is 9.79. The van der Waals surface area contributed by atoms with Crippen molar-refractivity contribution in [2.24, 2.45) is 5.92 Å². The molecule has 5 nitrogen and oxygen atoms in total. The summed E-state index contributed by atoms with van der Waals surface area (Å²) in [6.07, 6.45) is 8.38. The van der Waals surface area contributed by atoms with Crippen LogP contribution in [0.4, 0.5) is 0 Å². The maximum Gasteiger partial charge on any atom is 0.246 e. The molecule has 2 bridgehead atoms. The maximum atomic E-state index is 13.4. The smallest absolute Gasteiger partial charge is 0.246 e. The Bertz CT molecular complexity index is 1440. The SMILES string of the molecule is CN(C(=O)/C=C/c1cc(Br)cs1)[C@@H]1CC[C@H]2[C@H]3Cc4c(O)ccc5c4[C@@]2(CCN3CCc2ccccc2)[C@H]1O5. The highest BCUT2D eigenvalue weighted by Gasteiger charge is 2.66. The van der Waals surface area contributed by atoms with Gasteiger partial charge in [-0.3, -0.25) is 9.69 Å². The molecule has 1 saturated heterocycles. The highest BCUT2D eigenvalue weighted by molar-refractivity contribution is 9.10. The molecule has 0 radical (unpaired) electrons. The zero-order valence-electron chi connectivity index (χ0n) is 22.1. The molecule has 0 unspecified atom stereocenters. The predicted molar refractivity (Wildman–Crippen MR) is 158 cm³/mol. The van der Waals surface area contributed by atoms with Crippen LogP contribution in [0.5, 0.6) is 11.5 Å². The van der Waals surface area contributed by atoms with E-state index in [1.165, 1.54) is 11.1 Å². The minimum absolute atomic E-state index is 0.00881. The third kappa shape index (κ3) is 4.08. The van der Waals surface area contributed by atoms with E-state index in [-0.39, 0.29) is 23.5 Å². The normalized spacial score (nSPS) is 28.8. The van der Waals surface area contributed by atoms with Gasteiger partial charge in [-0.1, -0.05) is 30.3 Å². The number of nitrogens with zero attached hydrogens (tertiary/aromatic N) is 2. The van der Waals surface area contributed by atoms with Crippen LogP contribution in [-0.4, -0.2) is 59.1 Å². The zero-order chi connectivity index (χ0) is 26.7. The second-order valence-corrected chi connectivity index (χ2v) is 13.4. The number of rotatable bonds is 6. The van der Waals surface area contributed by atoms with Crippen molar-refractivity contribution >= 4 is 39.2 Å². The van der Waals surface area contributed by atoms with Crippen LogP contribution in [0, 0.1) is 5.92 Å². The lowest BCUT2D eigenvalue weighted by Crippen LogP contribution is -2.69. The largest absolute Gasteiger partial charge is 0.508 e. The third-order valence-corrected chi connectivity index (χ3v) is 11.4. The standard InChI is InChI=1S/C32H33BrN2O3S/c1-34(29(37)12-7-22-17-21(33)19-39-22)25-9-8-24-26-18-23-27(36)10-11-28-30(23)32(24,31(25)38-28)14-16-35(26)15-13-20-5-3-2-4-6-20/h2-7,10-12,17,19,24-26,31,36H,8-9,13-16,18H2,1H3/b12-7+/t24-,25+,26+,31-,32-/m0/s1. The summed E-state index contributed by atoms with van der Waals surface area (Å²) in [6.45, 7) is 2.04. The zero-order valence-corrected chi connectivity index (χ0v) is 24.5. The van der Waals surface area contributed by atoms with Crippen molar-refractivity contribution in [1.29, 1.82) is 0 Å². The molecule has 7 rings (SSSR count). The fourth-order valence-electron chi connectivity index (χ4n) is 8.05. The van der Waals surface area contributed by atoms with Gasteiger partial charge in [0.15, 0.2) is 0 Å². The molecule has 202 valence electrons. The first-order valence-corrected chi connectivity index (χ1v) is 15.6. The number of hydrogen-bond acceptors (Lipinski definition) is 5. The van der Waals surface area contributed by atoms with Crippen molar-refractivity contribution in [3.05, 3.63) is 86.0 Å². The molecule has 1 aromatic heterocycles. The number of benzene rings is 2. The quantitative estimate of drug-likeness (QED) is 0.349. The van der Waals surface area contributed by atoms with Gasteiger partial charge in [0.1, 0.15) is 17.6 Å². The van der Waals surface area contributed by atoms with E-state index in [2.05, 4.69) is 51.2 Å². The first-order valence-electron chi connectivity index (χ1n) is 13.9. The number of carbonyl (C=O) groups excluding carboxylic acids is 1. The lowest BCUT2D eigenvalue weighted by atomic mass is 9.51. The Morgan fingerprint density at radius 3 is 2.90 bits per heavy atom. The van der Waals surface area contributed by atoms with Crippen LogP contribution in [0.25, 0.3) is 6.08 Å². The summed E-state index contributed by atoms with van der Waals surface area (Å²) in [5.41, 5.74) is 3.52. The van der Waals surface area contributed by atoms with E-state index in [9.17, 15) is 9.90 Å². The summed E-state index contributed by atoms with van der Waals surface area (Å²) in [7, 11) is 1.93. The first kappa shape index (κ1) is 25.4. The number of thiophene rings is 1. The van der Waals surface area contributed by atoms with Gasteiger partial charge < -0.3 is 14.7 Å². The molecular formula is C32H33BrN2O3S. The van der Waals surface area contributed by atoms with Crippen molar-refractivity contribution in [3.63, 3.8) is 0 Å².